The molecule has 0 fully saturated rings. The summed E-state index contributed by atoms with van der Waals surface area (Å²) in [5.41, 5.74) is 0. The Morgan fingerprint density at radius 3 is 1.84 bits per heavy atom. The van der Waals surface area contributed by atoms with E-state index in [2.05, 4.69) is 15.9 Å². The zero-order valence-corrected chi connectivity index (χ0v) is 14.3. The summed E-state index contributed by atoms with van der Waals surface area (Å²) in [6, 6.07) is 6.83. The van der Waals surface area contributed by atoms with Crippen LogP contribution in [0.15, 0.2) is 33.6 Å². The van der Waals surface area contributed by atoms with Gasteiger partial charge >= 0.3 is 0 Å². The average molecular weight is 348 g/mol. The molecule has 0 bridgehead atoms. The van der Waals surface area contributed by atoms with E-state index in [9.17, 15) is 8.42 Å². The maximum Gasteiger partial charge on any atom is 0.243 e. The van der Waals surface area contributed by atoms with E-state index in [1.54, 1.807) is 28.6 Å². The van der Waals surface area contributed by atoms with Gasteiger partial charge in [0.25, 0.3) is 0 Å². The molecule has 0 aliphatic rings. The number of nitrogens with zero attached hydrogens (tertiary/aromatic N) is 1. The molecule has 19 heavy (non-hydrogen) atoms. The zero-order valence-electron chi connectivity index (χ0n) is 11.9. The van der Waals surface area contributed by atoms with Crippen LogP contribution in [0.2, 0.25) is 0 Å². The van der Waals surface area contributed by atoms with Gasteiger partial charge in [0.05, 0.1) is 4.90 Å². The summed E-state index contributed by atoms with van der Waals surface area (Å²) < 4.78 is 28.0. The molecular weight excluding hydrogens is 326 g/mol. The Labute approximate surface area is 125 Å². The van der Waals surface area contributed by atoms with E-state index >= 15 is 0 Å². The number of sulfonamides is 1. The molecule has 3 nitrogen and oxygen atoms in total. The Hall–Kier alpha value is -0.390. The molecule has 0 radical (unpaired) electrons. The Morgan fingerprint density at radius 1 is 1.05 bits per heavy atom. The maximum atomic E-state index is 12.8. The molecule has 0 amide bonds. The third-order valence-electron chi connectivity index (χ3n) is 3.44. The molecule has 2 unspecified atom stereocenters. The number of hydrogen-bond donors (Lipinski definition) is 0. The standard InChI is InChI=1S/C14H22BrNO2S/c1-5-11(3)16(12(4)6-2)19(17,18)14-9-7-13(15)8-10-14/h7-12H,5-6H2,1-4H3. The summed E-state index contributed by atoms with van der Waals surface area (Å²) in [6.45, 7) is 7.94. The third-order valence-corrected chi connectivity index (χ3v) is 6.11. The summed E-state index contributed by atoms with van der Waals surface area (Å²) in [4.78, 5) is 0.358. The van der Waals surface area contributed by atoms with Crippen molar-refractivity contribution in [2.75, 3.05) is 0 Å². The van der Waals surface area contributed by atoms with Gasteiger partial charge in [-0.25, -0.2) is 8.42 Å². The SMILES string of the molecule is CCC(C)N(C(C)CC)S(=O)(=O)c1ccc(Br)cc1. The van der Waals surface area contributed by atoms with Crippen LogP contribution in [0, 0.1) is 0 Å². The van der Waals surface area contributed by atoms with Crippen LogP contribution < -0.4 is 0 Å². The van der Waals surface area contributed by atoms with Crippen LogP contribution in [0.4, 0.5) is 0 Å². The second kappa shape index (κ2) is 6.86. The quantitative estimate of drug-likeness (QED) is 0.778. The first-order valence-corrected chi connectivity index (χ1v) is 8.87. The van der Waals surface area contributed by atoms with Crippen molar-refractivity contribution in [3.05, 3.63) is 28.7 Å². The van der Waals surface area contributed by atoms with E-state index in [4.69, 9.17) is 0 Å². The second-order valence-electron chi connectivity index (χ2n) is 4.80. The average Bonchev–Trinajstić information content (AvgIpc) is 2.38. The molecular formula is C14H22BrNO2S. The number of hydrogen-bond acceptors (Lipinski definition) is 2. The van der Waals surface area contributed by atoms with Gasteiger partial charge < -0.3 is 0 Å². The van der Waals surface area contributed by atoms with Crippen molar-refractivity contribution in [2.45, 2.75) is 57.5 Å². The summed E-state index contributed by atoms with van der Waals surface area (Å²) in [7, 11) is -3.43. The predicted molar refractivity (Wildman–Crippen MR) is 82.7 cm³/mol. The number of rotatable bonds is 6. The van der Waals surface area contributed by atoms with Crippen LogP contribution in [0.1, 0.15) is 40.5 Å². The Morgan fingerprint density at radius 2 is 1.47 bits per heavy atom. The smallest absolute Gasteiger partial charge is 0.207 e. The highest BCUT2D eigenvalue weighted by molar-refractivity contribution is 9.10. The minimum absolute atomic E-state index is 0.00333. The van der Waals surface area contributed by atoms with Gasteiger partial charge in [-0.1, -0.05) is 29.8 Å². The number of benzene rings is 1. The first kappa shape index (κ1) is 16.7. The van der Waals surface area contributed by atoms with Gasteiger partial charge in [-0.2, -0.15) is 4.31 Å². The van der Waals surface area contributed by atoms with E-state index in [-0.39, 0.29) is 12.1 Å². The van der Waals surface area contributed by atoms with Crippen molar-refractivity contribution in [3.8, 4) is 0 Å². The Balaban J connectivity index is 3.23. The van der Waals surface area contributed by atoms with Gasteiger partial charge in [0, 0.05) is 16.6 Å². The fourth-order valence-corrected chi connectivity index (χ4v) is 4.23. The predicted octanol–water partition coefficient (Wildman–Crippen LogP) is 4.04. The summed E-state index contributed by atoms with van der Waals surface area (Å²) >= 11 is 3.33. The molecule has 1 aromatic carbocycles. The van der Waals surface area contributed by atoms with Crippen molar-refractivity contribution in [3.63, 3.8) is 0 Å². The maximum absolute atomic E-state index is 12.8. The highest BCUT2D eigenvalue weighted by atomic mass is 79.9. The van der Waals surface area contributed by atoms with Crippen LogP contribution >= 0.6 is 15.9 Å². The molecule has 0 heterocycles. The molecule has 0 saturated carbocycles. The fraction of sp³-hybridized carbons (Fsp3) is 0.571. The molecule has 1 aromatic rings. The van der Waals surface area contributed by atoms with Crippen molar-refractivity contribution in [1.29, 1.82) is 0 Å². The van der Waals surface area contributed by atoms with Crippen molar-refractivity contribution in [2.24, 2.45) is 0 Å². The summed E-state index contributed by atoms with van der Waals surface area (Å²) in [5.74, 6) is 0. The van der Waals surface area contributed by atoms with Gasteiger partial charge in [-0.3, -0.25) is 0 Å². The van der Waals surface area contributed by atoms with Crippen molar-refractivity contribution in [1.82, 2.24) is 4.31 Å². The molecule has 1 rings (SSSR count). The molecule has 5 heteroatoms. The van der Waals surface area contributed by atoms with Gasteiger partial charge in [0.2, 0.25) is 10.0 Å². The molecule has 0 aliphatic carbocycles. The molecule has 0 aromatic heterocycles. The Bertz CT molecular complexity index is 489. The lowest BCUT2D eigenvalue weighted by Crippen LogP contribution is -2.44. The van der Waals surface area contributed by atoms with Crippen LogP contribution in [0.5, 0.6) is 0 Å². The molecule has 108 valence electrons. The van der Waals surface area contributed by atoms with E-state index < -0.39 is 10.0 Å². The molecule has 0 spiro atoms. The molecule has 0 N–H and O–H groups in total. The molecule has 2 atom stereocenters. The lowest BCUT2D eigenvalue weighted by molar-refractivity contribution is 0.262. The van der Waals surface area contributed by atoms with Crippen LogP contribution in [-0.2, 0) is 10.0 Å². The fourth-order valence-electron chi connectivity index (χ4n) is 2.00. The van der Waals surface area contributed by atoms with E-state index in [1.807, 2.05) is 27.7 Å². The highest BCUT2D eigenvalue weighted by Crippen LogP contribution is 2.24. The van der Waals surface area contributed by atoms with Crippen LogP contribution in [-0.4, -0.2) is 24.8 Å². The largest absolute Gasteiger partial charge is 0.243 e. The van der Waals surface area contributed by atoms with Gasteiger partial charge in [0.15, 0.2) is 0 Å². The molecule has 0 saturated heterocycles. The highest BCUT2D eigenvalue weighted by Gasteiger charge is 2.31. The van der Waals surface area contributed by atoms with Crippen LogP contribution in [0.3, 0.4) is 0 Å². The number of halogens is 1. The van der Waals surface area contributed by atoms with Gasteiger partial charge in [-0.05, 0) is 51.0 Å². The lowest BCUT2D eigenvalue weighted by Gasteiger charge is -2.32. The van der Waals surface area contributed by atoms with Crippen LogP contribution in [0.25, 0.3) is 0 Å². The van der Waals surface area contributed by atoms with E-state index in [0.717, 1.165) is 17.3 Å². The van der Waals surface area contributed by atoms with Crippen molar-refractivity contribution < 1.29 is 8.42 Å². The summed E-state index contributed by atoms with van der Waals surface area (Å²) in [5, 5.41) is 0. The van der Waals surface area contributed by atoms with Crippen molar-refractivity contribution >= 4 is 26.0 Å². The topological polar surface area (TPSA) is 37.4 Å². The second-order valence-corrected chi connectivity index (χ2v) is 7.56. The monoisotopic (exact) mass is 347 g/mol. The first-order valence-electron chi connectivity index (χ1n) is 6.63. The molecule has 0 aliphatic heterocycles. The van der Waals surface area contributed by atoms with Gasteiger partial charge in [0.1, 0.15) is 0 Å². The third kappa shape index (κ3) is 3.80. The zero-order chi connectivity index (χ0) is 14.6. The van der Waals surface area contributed by atoms with E-state index in [1.165, 1.54) is 0 Å². The Kier molecular flexibility index (Phi) is 6.02. The minimum atomic E-state index is -3.43. The first-order chi connectivity index (χ1) is 8.84. The minimum Gasteiger partial charge on any atom is -0.207 e. The van der Waals surface area contributed by atoms with E-state index in [0.29, 0.717) is 4.90 Å². The lowest BCUT2D eigenvalue weighted by atomic mass is 10.2. The normalized spacial score (nSPS) is 15.5. The summed E-state index contributed by atoms with van der Waals surface area (Å²) in [6.07, 6.45) is 1.61. The van der Waals surface area contributed by atoms with Gasteiger partial charge in [-0.15, -0.1) is 0 Å².